The second kappa shape index (κ2) is 7.49. The molecule has 0 aliphatic carbocycles. The number of hydrogen-bond donors (Lipinski definition) is 4. The zero-order chi connectivity index (χ0) is 15.1. The summed E-state index contributed by atoms with van der Waals surface area (Å²) in [6, 6.07) is 5.26. The average molecular weight is 280 g/mol. The first kappa shape index (κ1) is 16.0. The molecule has 6 heteroatoms. The third kappa shape index (κ3) is 4.89. The lowest BCUT2D eigenvalue weighted by Gasteiger charge is -2.17. The number of carboxylic acids is 1. The molecule has 1 aromatic carbocycles. The van der Waals surface area contributed by atoms with Gasteiger partial charge in [0, 0.05) is 18.9 Å². The zero-order valence-corrected chi connectivity index (χ0v) is 11.6. The number of phenols is 1. The van der Waals surface area contributed by atoms with Gasteiger partial charge in [-0.15, -0.1) is 0 Å². The summed E-state index contributed by atoms with van der Waals surface area (Å²) in [6.45, 7) is 2.21. The number of amides is 1. The van der Waals surface area contributed by atoms with E-state index in [1.807, 2.05) is 0 Å². The molecular weight excluding hydrogens is 260 g/mol. The second-order valence-corrected chi connectivity index (χ2v) is 4.73. The van der Waals surface area contributed by atoms with Crippen LogP contribution in [0.25, 0.3) is 0 Å². The average Bonchev–Trinajstić information content (AvgIpc) is 2.40. The minimum atomic E-state index is -1.08. The summed E-state index contributed by atoms with van der Waals surface area (Å²) in [5.41, 5.74) is 0.733. The van der Waals surface area contributed by atoms with E-state index in [0.29, 0.717) is 6.54 Å². The van der Waals surface area contributed by atoms with Gasteiger partial charge in [0.05, 0.1) is 0 Å². The Morgan fingerprint density at radius 3 is 2.35 bits per heavy atom. The van der Waals surface area contributed by atoms with E-state index in [-0.39, 0.29) is 24.0 Å². The number of carboxylic acid groups (broad SMARTS) is 1. The largest absolute Gasteiger partial charge is 0.508 e. The number of benzene rings is 1. The first-order valence-electron chi connectivity index (χ1n) is 6.39. The maximum atomic E-state index is 11.8. The molecule has 4 N–H and O–H groups in total. The molecule has 0 aliphatic heterocycles. The van der Waals surface area contributed by atoms with E-state index >= 15 is 0 Å². The lowest BCUT2D eigenvalue weighted by molar-refractivity contribution is -0.142. The normalized spacial score (nSPS) is 13.5. The molecule has 0 radical (unpaired) electrons. The highest BCUT2D eigenvalue weighted by Gasteiger charge is 2.22. The maximum Gasteiger partial charge on any atom is 0.326 e. The van der Waals surface area contributed by atoms with Crippen molar-refractivity contribution in [2.24, 2.45) is 5.92 Å². The van der Waals surface area contributed by atoms with Gasteiger partial charge in [-0.25, -0.2) is 4.79 Å². The number of nitrogens with one attached hydrogen (secondary N) is 2. The Balaban J connectivity index is 2.67. The molecule has 110 valence electrons. The molecule has 1 amide bonds. The van der Waals surface area contributed by atoms with Crippen molar-refractivity contribution in [3.05, 3.63) is 29.8 Å². The minimum absolute atomic E-state index is 0.118. The molecule has 2 atom stereocenters. The van der Waals surface area contributed by atoms with Crippen molar-refractivity contribution in [1.29, 1.82) is 0 Å². The highest BCUT2D eigenvalue weighted by molar-refractivity contribution is 5.85. The summed E-state index contributed by atoms with van der Waals surface area (Å²) in [5.74, 6) is -1.57. The van der Waals surface area contributed by atoms with Gasteiger partial charge in [0.1, 0.15) is 11.8 Å². The molecule has 0 aromatic heterocycles. The predicted octanol–water partition coefficient (Wildman–Crippen LogP) is 0.360. The van der Waals surface area contributed by atoms with Crippen LogP contribution in [0.1, 0.15) is 12.5 Å². The van der Waals surface area contributed by atoms with Crippen LogP contribution in [0.3, 0.4) is 0 Å². The molecule has 0 bridgehead atoms. The van der Waals surface area contributed by atoms with Crippen molar-refractivity contribution in [2.75, 3.05) is 13.6 Å². The summed E-state index contributed by atoms with van der Waals surface area (Å²) in [5, 5.41) is 23.7. The number of hydrogen-bond acceptors (Lipinski definition) is 4. The van der Waals surface area contributed by atoms with Crippen LogP contribution in [0.2, 0.25) is 0 Å². The molecule has 0 aliphatic rings. The van der Waals surface area contributed by atoms with Crippen LogP contribution >= 0.6 is 0 Å². The number of rotatable bonds is 7. The quantitative estimate of drug-likeness (QED) is 0.578. The fourth-order valence-electron chi connectivity index (χ4n) is 1.78. The van der Waals surface area contributed by atoms with Gasteiger partial charge < -0.3 is 20.8 Å². The van der Waals surface area contributed by atoms with Crippen molar-refractivity contribution in [1.82, 2.24) is 10.6 Å². The molecule has 0 spiro atoms. The Hall–Kier alpha value is -2.08. The first-order valence-corrected chi connectivity index (χ1v) is 6.39. The van der Waals surface area contributed by atoms with Gasteiger partial charge in [0.2, 0.25) is 5.91 Å². The lowest BCUT2D eigenvalue weighted by Crippen LogP contribution is -2.45. The molecule has 0 saturated heterocycles. The zero-order valence-electron chi connectivity index (χ0n) is 11.6. The van der Waals surface area contributed by atoms with Gasteiger partial charge in [-0.1, -0.05) is 19.1 Å². The molecule has 1 aromatic rings. The van der Waals surface area contributed by atoms with Crippen LogP contribution in [0.5, 0.6) is 5.75 Å². The number of aromatic hydroxyl groups is 1. The molecule has 6 nitrogen and oxygen atoms in total. The van der Waals surface area contributed by atoms with Crippen molar-refractivity contribution in [3.63, 3.8) is 0 Å². The standard InChI is InChI=1S/C14H20N2O4/c1-9(8-15-2)13(18)16-12(14(19)20)7-10-3-5-11(17)6-4-10/h3-6,9,12,15,17H,7-8H2,1-2H3,(H,16,18)(H,19,20). The summed E-state index contributed by atoms with van der Waals surface area (Å²) >= 11 is 0. The van der Waals surface area contributed by atoms with E-state index in [1.165, 1.54) is 12.1 Å². The van der Waals surface area contributed by atoms with E-state index in [4.69, 9.17) is 5.11 Å². The Morgan fingerprint density at radius 2 is 1.85 bits per heavy atom. The van der Waals surface area contributed by atoms with Crippen LogP contribution in [-0.4, -0.2) is 41.7 Å². The Labute approximate surface area is 117 Å². The van der Waals surface area contributed by atoms with Crippen LogP contribution in [0.4, 0.5) is 0 Å². The van der Waals surface area contributed by atoms with Crippen molar-refractivity contribution < 1.29 is 19.8 Å². The molecule has 0 heterocycles. The third-order valence-corrected chi connectivity index (χ3v) is 2.95. The van der Waals surface area contributed by atoms with Crippen LogP contribution in [0, 0.1) is 5.92 Å². The van der Waals surface area contributed by atoms with Gasteiger partial charge in [0.25, 0.3) is 0 Å². The smallest absolute Gasteiger partial charge is 0.326 e. The molecular formula is C14H20N2O4. The number of phenolic OH excluding ortho intramolecular Hbond substituents is 1. The topological polar surface area (TPSA) is 98.7 Å². The van der Waals surface area contributed by atoms with Crippen LogP contribution < -0.4 is 10.6 Å². The van der Waals surface area contributed by atoms with Crippen molar-refractivity contribution in [2.45, 2.75) is 19.4 Å². The SMILES string of the molecule is CNCC(C)C(=O)NC(Cc1ccc(O)cc1)C(=O)O. The van der Waals surface area contributed by atoms with E-state index in [2.05, 4.69) is 10.6 Å². The van der Waals surface area contributed by atoms with Crippen molar-refractivity contribution in [3.8, 4) is 5.75 Å². The highest BCUT2D eigenvalue weighted by Crippen LogP contribution is 2.11. The maximum absolute atomic E-state index is 11.8. The van der Waals surface area contributed by atoms with E-state index in [9.17, 15) is 14.7 Å². The molecule has 2 unspecified atom stereocenters. The lowest BCUT2D eigenvalue weighted by atomic mass is 10.0. The number of carbonyl (C=O) groups is 2. The van der Waals surface area contributed by atoms with Gasteiger partial charge in [0.15, 0.2) is 0 Å². The number of carbonyl (C=O) groups excluding carboxylic acids is 1. The van der Waals surface area contributed by atoms with Crippen LogP contribution in [0.15, 0.2) is 24.3 Å². The fraction of sp³-hybridized carbons (Fsp3) is 0.429. The minimum Gasteiger partial charge on any atom is -0.508 e. The van der Waals surface area contributed by atoms with Gasteiger partial charge in [-0.2, -0.15) is 0 Å². The summed E-state index contributed by atoms with van der Waals surface area (Å²) in [7, 11) is 1.73. The molecule has 20 heavy (non-hydrogen) atoms. The molecule has 1 rings (SSSR count). The summed E-state index contributed by atoms with van der Waals surface area (Å²) < 4.78 is 0. The van der Waals surface area contributed by atoms with Gasteiger partial charge in [-0.3, -0.25) is 4.79 Å². The first-order chi connectivity index (χ1) is 9.43. The summed E-state index contributed by atoms with van der Waals surface area (Å²) in [4.78, 5) is 23.0. The van der Waals surface area contributed by atoms with E-state index in [1.54, 1.807) is 26.1 Å². The second-order valence-electron chi connectivity index (χ2n) is 4.73. The fourth-order valence-corrected chi connectivity index (χ4v) is 1.78. The third-order valence-electron chi connectivity index (χ3n) is 2.95. The van der Waals surface area contributed by atoms with E-state index in [0.717, 1.165) is 5.56 Å². The summed E-state index contributed by atoms with van der Waals surface area (Å²) in [6.07, 6.45) is 0.174. The van der Waals surface area contributed by atoms with E-state index < -0.39 is 12.0 Å². The van der Waals surface area contributed by atoms with Gasteiger partial charge in [-0.05, 0) is 24.7 Å². The Morgan fingerprint density at radius 1 is 1.25 bits per heavy atom. The predicted molar refractivity (Wildman–Crippen MR) is 74.5 cm³/mol. The molecule has 0 saturated carbocycles. The monoisotopic (exact) mass is 280 g/mol. The Bertz CT molecular complexity index is 459. The van der Waals surface area contributed by atoms with Crippen LogP contribution in [-0.2, 0) is 16.0 Å². The Kier molecular flexibility index (Phi) is 5.99. The van der Waals surface area contributed by atoms with Gasteiger partial charge >= 0.3 is 5.97 Å². The molecule has 0 fully saturated rings. The number of aliphatic carboxylic acids is 1. The van der Waals surface area contributed by atoms with Crippen molar-refractivity contribution >= 4 is 11.9 Å². The highest BCUT2D eigenvalue weighted by atomic mass is 16.4.